The maximum Gasteiger partial charge on any atom is 0.310 e. The highest BCUT2D eigenvalue weighted by atomic mass is 79.9. The summed E-state index contributed by atoms with van der Waals surface area (Å²) in [4.78, 5) is 24.2. The number of benzene rings is 2. The number of rotatable bonds is 6. The third-order valence-electron chi connectivity index (χ3n) is 3.45. The number of amides is 1. The molecule has 0 fully saturated rings. The van der Waals surface area contributed by atoms with Crippen LogP contribution in [-0.4, -0.2) is 29.4 Å². The minimum Gasteiger partial charge on any atom is -0.477 e. The Labute approximate surface area is 148 Å². The first-order valence-electron chi connectivity index (χ1n) is 7.23. The molecule has 0 atom stereocenters. The third-order valence-corrected chi connectivity index (χ3v) is 4.23. The fourth-order valence-corrected chi connectivity index (χ4v) is 2.52. The monoisotopic (exact) mass is 392 g/mol. The van der Waals surface area contributed by atoms with Crippen molar-refractivity contribution in [1.82, 2.24) is 4.90 Å². The second-order valence-corrected chi connectivity index (χ2v) is 6.21. The standard InChI is InChI=1S/C17H17BrN2O4/c1-12-7-8-15(20(22)23)16(9-12)24-11-17(21)19(2)10-13-5-3-4-6-14(13)18/h3-9H,10-11H2,1-2H3. The van der Waals surface area contributed by atoms with E-state index in [1.165, 1.54) is 11.0 Å². The molecule has 0 saturated heterocycles. The topological polar surface area (TPSA) is 72.7 Å². The largest absolute Gasteiger partial charge is 0.477 e. The number of halogens is 1. The maximum atomic E-state index is 12.2. The predicted octanol–water partition coefficient (Wildman–Crippen LogP) is 3.70. The van der Waals surface area contributed by atoms with Crippen LogP contribution in [0.25, 0.3) is 0 Å². The summed E-state index contributed by atoms with van der Waals surface area (Å²) in [5.74, 6) is -0.163. The average molecular weight is 393 g/mol. The second kappa shape index (κ2) is 7.92. The van der Waals surface area contributed by atoms with Crippen LogP contribution in [0.1, 0.15) is 11.1 Å². The highest BCUT2D eigenvalue weighted by Crippen LogP contribution is 2.27. The Morgan fingerprint density at radius 3 is 2.67 bits per heavy atom. The van der Waals surface area contributed by atoms with Gasteiger partial charge in [-0.1, -0.05) is 40.2 Å². The van der Waals surface area contributed by atoms with E-state index in [4.69, 9.17) is 4.74 Å². The Morgan fingerprint density at radius 1 is 1.29 bits per heavy atom. The number of hydrogen-bond acceptors (Lipinski definition) is 4. The molecular formula is C17H17BrN2O4. The van der Waals surface area contributed by atoms with Gasteiger partial charge in [-0.05, 0) is 30.2 Å². The highest BCUT2D eigenvalue weighted by Gasteiger charge is 2.17. The summed E-state index contributed by atoms with van der Waals surface area (Å²) in [6.45, 7) is 1.96. The van der Waals surface area contributed by atoms with Crippen molar-refractivity contribution in [2.75, 3.05) is 13.7 Å². The van der Waals surface area contributed by atoms with E-state index in [-0.39, 0.29) is 24.0 Å². The molecule has 0 heterocycles. The smallest absolute Gasteiger partial charge is 0.310 e. The van der Waals surface area contributed by atoms with Gasteiger partial charge in [-0.2, -0.15) is 0 Å². The molecule has 24 heavy (non-hydrogen) atoms. The first-order valence-corrected chi connectivity index (χ1v) is 8.03. The lowest BCUT2D eigenvalue weighted by Crippen LogP contribution is -2.31. The van der Waals surface area contributed by atoms with Crippen molar-refractivity contribution in [3.8, 4) is 5.75 Å². The van der Waals surface area contributed by atoms with E-state index in [9.17, 15) is 14.9 Å². The molecule has 0 aromatic heterocycles. The number of aryl methyl sites for hydroxylation is 1. The quantitative estimate of drug-likeness (QED) is 0.554. The molecule has 0 saturated carbocycles. The van der Waals surface area contributed by atoms with Gasteiger partial charge in [-0.25, -0.2) is 0 Å². The number of carbonyl (C=O) groups excluding carboxylic acids is 1. The molecule has 126 valence electrons. The van der Waals surface area contributed by atoms with E-state index >= 15 is 0 Å². The molecule has 0 spiro atoms. The molecule has 0 unspecified atom stereocenters. The fraction of sp³-hybridized carbons (Fsp3) is 0.235. The van der Waals surface area contributed by atoms with Crippen LogP contribution in [0, 0.1) is 17.0 Å². The van der Waals surface area contributed by atoms with Crippen LogP contribution in [0.3, 0.4) is 0 Å². The molecule has 0 radical (unpaired) electrons. The summed E-state index contributed by atoms with van der Waals surface area (Å²) in [6, 6.07) is 12.2. The number of likely N-dealkylation sites (N-methyl/N-ethyl adjacent to an activating group) is 1. The van der Waals surface area contributed by atoms with E-state index in [2.05, 4.69) is 15.9 Å². The lowest BCUT2D eigenvalue weighted by atomic mass is 10.2. The lowest BCUT2D eigenvalue weighted by Gasteiger charge is -2.18. The molecule has 2 aromatic rings. The van der Waals surface area contributed by atoms with Crippen LogP contribution >= 0.6 is 15.9 Å². The molecule has 0 N–H and O–H groups in total. The molecule has 6 nitrogen and oxygen atoms in total. The normalized spacial score (nSPS) is 10.3. The van der Waals surface area contributed by atoms with E-state index in [0.29, 0.717) is 6.54 Å². The van der Waals surface area contributed by atoms with Gasteiger partial charge in [0.25, 0.3) is 5.91 Å². The van der Waals surface area contributed by atoms with Crippen LogP contribution in [-0.2, 0) is 11.3 Å². The summed E-state index contributed by atoms with van der Waals surface area (Å²) in [5.41, 5.74) is 1.64. The Bertz CT molecular complexity index is 764. The number of hydrogen-bond donors (Lipinski definition) is 0. The molecule has 7 heteroatoms. The molecule has 0 aliphatic rings. The SMILES string of the molecule is Cc1ccc([N+](=O)[O-])c(OCC(=O)N(C)Cc2ccccc2Br)c1. The minimum absolute atomic E-state index is 0.0997. The Balaban J connectivity index is 2.02. The molecule has 2 rings (SSSR count). The third kappa shape index (κ3) is 4.55. The van der Waals surface area contributed by atoms with E-state index in [1.54, 1.807) is 26.1 Å². The molecule has 0 aliphatic heterocycles. The van der Waals surface area contributed by atoms with Crippen molar-refractivity contribution < 1.29 is 14.5 Å². The first kappa shape index (κ1) is 17.9. The van der Waals surface area contributed by atoms with Crippen LogP contribution in [0.15, 0.2) is 46.9 Å². The number of nitro groups is 1. The van der Waals surface area contributed by atoms with Gasteiger partial charge in [0.1, 0.15) is 0 Å². The molecule has 0 aliphatic carbocycles. The highest BCUT2D eigenvalue weighted by molar-refractivity contribution is 9.10. The van der Waals surface area contributed by atoms with Gasteiger partial charge in [0.15, 0.2) is 12.4 Å². The number of ether oxygens (including phenoxy) is 1. The van der Waals surface area contributed by atoms with Crippen LogP contribution in [0.2, 0.25) is 0 Å². The summed E-state index contributed by atoms with van der Waals surface area (Å²) in [7, 11) is 1.66. The fourth-order valence-electron chi connectivity index (χ4n) is 2.11. The maximum absolute atomic E-state index is 12.2. The lowest BCUT2D eigenvalue weighted by molar-refractivity contribution is -0.385. The predicted molar refractivity (Wildman–Crippen MR) is 93.9 cm³/mol. The van der Waals surface area contributed by atoms with E-state index in [1.807, 2.05) is 24.3 Å². The molecule has 2 aromatic carbocycles. The number of nitro benzene ring substituents is 1. The Hall–Kier alpha value is -2.41. The molecule has 0 bridgehead atoms. The van der Waals surface area contributed by atoms with Gasteiger partial charge in [0.05, 0.1) is 4.92 Å². The van der Waals surface area contributed by atoms with Gasteiger partial charge in [-0.3, -0.25) is 14.9 Å². The molecular weight excluding hydrogens is 376 g/mol. The van der Waals surface area contributed by atoms with Crippen molar-refractivity contribution in [1.29, 1.82) is 0 Å². The summed E-state index contributed by atoms with van der Waals surface area (Å²) < 4.78 is 6.30. The van der Waals surface area contributed by atoms with Crippen LogP contribution in [0.5, 0.6) is 5.75 Å². The second-order valence-electron chi connectivity index (χ2n) is 5.36. The van der Waals surface area contributed by atoms with Gasteiger partial charge in [-0.15, -0.1) is 0 Å². The molecule has 1 amide bonds. The van der Waals surface area contributed by atoms with Crippen molar-refractivity contribution in [2.24, 2.45) is 0 Å². The van der Waals surface area contributed by atoms with Crippen LogP contribution in [0.4, 0.5) is 5.69 Å². The zero-order valence-corrected chi connectivity index (χ0v) is 14.9. The summed E-state index contributed by atoms with van der Waals surface area (Å²) in [5, 5.41) is 11.0. The van der Waals surface area contributed by atoms with Gasteiger partial charge < -0.3 is 9.64 Å². The van der Waals surface area contributed by atoms with Gasteiger partial charge in [0.2, 0.25) is 0 Å². The minimum atomic E-state index is -0.524. The van der Waals surface area contributed by atoms with Gasteiger partial charge in [0, 0.05) is 24.1 Å². The van der Waals surface area contributed by atoms with Crippen molar-refractivity contribution in [3.05, 3.63) is 68.2 Å². The Kier molecular flexibility index (Phi) is 5.92. The van der Waals surface area contributed by atoms with Crippen molar-refractivity contribution in [3.63, 3.8) is 0 Å². The van der Waals surface area contributed by atoms with Gasteiger partial charge >= 0.3 is 5.69 Å². The number of carbonyl (C=O) groups is 1. The zero-order valence-electron chi connectivity index (χ0n) is 13.4. The average Bonchev–Trinajstić information content (AvgIpc) is 2.54. The Morgan fingerprint density at radius 2 is 2.00 bits per heavy atom. The number of nitrogens with zero attached hydrogens (tertiary/aromatic N) is 2. The summed E-state index contributed by atoms with van der Waals surface area (Å²) in [6.07, 6.45) is 0. The summed E-state index contributed by atoms with van der Waals surface area (Å²) >= 11 is 3.44. The van der Waals surface area contributed by atoms with Crippen LogP contribution < -0.4 is 4.74 Å². The van der Waals surface area contributed by atoms with E-state index < -0.39 is 4.92 Å². The van der Waals surface area contributed by atoms with Crippen molar-refractivity contribution in [2.45, 2.75) is 13.5 Å². The first-order chi connectivity index (χ1) is 11.4. The van der Waals surface area contributed by atoms with E-state index in [0.717, 1.165) is 15.6 Å². The van der Waals surface area contributed by atoms with Crippen molar-refractivity contribution >= 4 is 27.5 Å². The zero-order chi connectivity index (χ0) is 17.7.